The van der Waals surface area contributed by atoms with Gasteiger partial charge in [-0.15, -0.1) is 0 Å². The molecule has 1 heterocycles. The minimum Gasteiger partial charge on any atom is -0.376 e. The van der Waals surface area contributed by atoms with Crippen LogP contribution in [0.2, 0.25) is 5.02 Å². The molecule has 1 aromatic heterocycles. The van der Waals surface area contributed by atoms with Crippen molar-refractivity contribution in [3.05, 3.63) is 29.3 Å². The summed E-state index contributed by atoms with van der Waals surface area (Å²) in [7, 11) is 1.74. The second kappa shape index (κ2) is 5.42. The van der Waals surface area contributed by atoms with Gasteiger partial charge in [-0.1, -0.05) is 28.9 Å². The first-order valence-electron chi connectivity index (χ1n) is 6.59. The predicted octanol–water partition coefficient (Wildman–Crippen LogP) is 3.37. The molecule has 1 aromatic carbocycles. The molecule has 20 heavy (non-hydrogen) atoms. The largest absolute Gasteiger partial charge is 0.376 e. The van der Waals surface area contributed by atoms with E-state index in [4.69, 9.17) is 20.9 Å². The van der Waals surface area contributed by atoms with Crippen LogP contribution < -0.4 is 5.32 Å². The number of anilines is 1. The highest BCUT2D eigenvalue weighted by Crippen LogP contribution is 2.35. The number of methoxy groups -OCH3 is 1. The fourth-order valence-electron chi connectivity index (χ4n) is 2.30. The molecule has 3 rings (SSSR count). The Balaban J connectivity index is 1.68. The first-order valence-corrected chi connectivity index (χ1v) is 6.97. The normalized spacial score (nSPS) is 16.7. The van der Waals surface area contributed by atoms with E-state index in [1.54, 1.807) is 13.2 Å². The summed E-state index contributed by atoms with van der Waals surface area (Å²) in [4.78, 5) is 4.31. The van der Waals surface area contributed by atoms with Crippen LogP contribution in [0.5, 0.6) is 0 Å². The molecule has 0 amide bonds. The zero-order valence-corrected chi connectivity index (χ0v) is 12.0. The Hall–Kier alpha value is -1.59. The van der Waals surface area contributed by atoms with Crippen molar-refractivity contribution < 1.29 is 9.26 Å². The summed E-state index contributed by atoms with van der Waals surface area (Å²) >= 11 is 5.95. The second-order valence-corrected chi connectivity index (χ2v) is 5.46. The SMILES string of the molecule is COC1(CNc2nc(-c3cccc(Cl)c3)no2)CCC1. The molecule has 1 N–H and O–H groups in total. The summed E-state index contributed by atoms with van der Waals surface area (Å²) in [5.74, 6) is 0.523. The Morgan fingerprint density at radius 2 is 2.30 bits per heavy atom. The molecule has 6 heteroatoms. The third-order valence-electron chi connectivity index (χ3n) is 3.77. The molecule has 0 spiro atoms. The Labute approximate surface area is 122 Å². The molecule has 0 atom stereocenters. The maximum Gasteiger partial charge on any atom is 0.321 e. The topological polar surface area (TPSA) is 60.2 Å². The second-order valence-electron chi connectivity index (χ2n) is 5.03. The number of hydrogen-bond donors (Lipinski definition) is 1. The summed E-state index contributed by atoms with van der Waals surface area (Å²) in [6.07, 6.45) is 3.32. The average Bonchev–Trinajstić information content (AvgIpc) is 2.87. The van der Waals surface area contributed by atoms with Crippen molar-refractivity contribution in [1.29, 1.82) is 0 Å². The Bertz CT molecular complexity index is 590. The minimum absolute atomic E-state index is 0.0787. The van der Waals surface area contributed by atoms with E-state index in [1.165, 1.54) is 6.42 Å². The van der Waals surface area contributed by atoms with Gasteiger partial charge in [0, 0.05) is 24.2 Å². The molecule has 0 bridgehead atoms. The van der Waals surface area contributed by atoms with Gasteiger partial charge in [0.2, 0.25) is 5.82 Å². The number of benzene rings is 1. The molecule has 0 radical (unpaired) electrons. The van der Waals surface area contributed by atoms with E-state index >= 15 is 0 Å². The number of hydrogen-bond acceptors (Lipinski definition) is 5. The number of halogens is 1. The minimum atomic E-state index is -0.0787. The highest BCUT2D eigenvalue weighted by atomic mass is 35.5. The molecule has 5 nitrogen and oxygen atoms in total. The van der Waals surface area contributed by atoms with E-state index in [9.17, 15) is 0 Å². The third-order valence-corrected chi connectivity index (χ3v) is 4.00. The maximum atomic E-state index is 5.95. The van der Waals surface area contributed by atoms with E-state index in [0.717, 1.165) is 18.4 Å². The number of rotatable bonds is 5. The van der Waals surface area contributed by atoms with Crippen molar-refractivity contribution in [3.63, 3.8) is 0 Å². The van der Waals surface area contributed by atoms with Gasteiger partial charge in [0.05, 0.1) is 5.60 Å². The van der Waals surface area contributed by atoms with E-state index in [0.29, 0.717) is 23.4 Å². The number of nitrogens with one attached hydrogen (secondary N) is 1. The van der Waals surface area contributed by atoms with Crippen molar-refractivity contribution in [1.82, 2.24) is 10.1 Å². The van der Waals surface area contributed by atoms with E-state index in [2.05, 4.69) is 15.5 Å². The van der Waals surface area contributed by atoms with Crippen LogP contribution in [-0.2, 0) is 4.74 Å². The first kappa shape index (κ1) is 13.4. The van der Waals surface area contributed by atoms with Gasteiger partial charge in [-0.25, -0.2) is 0 Å². The molecular weight excluding hydrogens is 278 g/mol. The highest BCUT2D eigenvalue weighted by Gasteiger charge is 2.37. The molecule has 1 fully saturated rings. The van der Waals surface area contributed by atoms with Crippen LogP contribution in [0.15, 0.2) is 28.8 Å². The van der Waals surface area contributed by atoms with Gasteiger partial charge in [0.15, 0.2) is 0 Å². The summed E-state index contributed by atoms with van der Waals surface area (Å²) in [5, 5.41) is 7.74. The average molecular weight is 294 g/mol. The quantitative estimate of drug-likeness (QED) is 0.916. The van der Waals surface area contributed by atoms with Crippen LogP contribution in [-0.4, -0.2) is 29.4 Å². The van der Waals surface area contributed by atoms with Gasteiger partial charge in [-0.05, 0) is 31.4 Å². The van der Waals surface area contributed by atoms with Crippen molar-refractivity contribution in [2.75, 3.05) is 19.0 Å². The summed E-state index contributed by atoms with van der Waals surface area (Å²) in [6, 6.07) is 7.77. The zero-order valence-electron chi connectivity index (χ0n) is 11.2. The van der Waals surface area contributed by atoms with Crippen LogP contribution in [0.4, 0.5) is 6.01 Å². The molecule has 0 aliphatic heterocycles. The Kier molecular flexibility index (Phi) is 3.63. The summed E-state index contributed by atoms with van der Waals surface area (Å²) in [6.45, 7) is 0.681. The van der Waals surface area contributed by atoms with E-state index in [1.807, 2.05) is 18.2 Å². The maximum absolute atomic E-state index is 5.95. The van der Waals surface area contributed by atoms with Crippen LogP contribution in [0, 0.1) is 0 Å². The lowest BCUT2D eigenvalue weighted by molar-refractivity contribution is -0.0604. The van der Waals surface area contributed by atoms with Crippen molar-refractivity contribution in [3.8, 4) is 11.4 Å². The van der Waals surface area contributed by atoms with E-state index in [-0.39, 0.29) is 5.60 Å². The lowest BCUT2D eigenvalue weighted by atomic mass is 9.80. The number of aromatic nitrogens is 2. The van der Waals surface area contributed by atoms with Crippen LogP contribution in [0.3, 0.4) is 0 Å². The number of nitrogens with zero attached hydrogens (tertiary/aromatic N) is 2. The fourth-order valence-corrected chi connectivity index (χ4v) is 2.49. The molecule has 0 unspecified atom stereocenters. The zero-order chi connectivity index (χ0) is 14.0. The molecule has 0 saturated heterocycles. The van der Waals surface area contributed by atoms with Crippen molar-refractivity contribution in [2.45, 2.75) is 24.9 Å². The fraction of sp³-hybridized carbons (Fsp3) is 0.429. The summed E-state index contributed by atoms with van der Waals surface area (Å²) in [5.41, 5.74) is 0.754. The number of ether oxygens (including phenoxy) is 1. The van der Waals surface area contributed by atoms with E-state index < -0.39 is 0 Å². The lowest BCUT2D eigenvalue weighted by Gasteiger charge is -2.40. The molecule has 1 aliphatic carbocycles. The third kappa shape index (κ3) is 2.64. The van der Waals surface area contributed by atoms with Gasteiger partial charge in [0.25, 0.3) is 0 Å². The molecule has 1 aliphatic rings. The van der Waals surface area contributed by atoms with Gasteiger partial charge < -0.3 is 14.6 Å². The van der Waals surface area contributed by atoms with Crippen LogP contribution in [0.25, 0.3) is 11.4 Å². The van der Waals surface area contributed by atoms with Gasteiger partial charge in [-0.3, -0.25) is 0 Å². The Morgan fingerprint density at radius 3 is 2.95 bits per heavy atom. The van der Waals surface area contributed by atoms with Gasteiger partial charge >= 0.3 is 6.01 Å². The monoisotopic (exact) mass is 293 g/mol. The lowest BCUT2D eigenvalue weighted by Crippen LogP contribution is -2.45. The van der Waals surface area contributed by atoms with Crippen LogP contribution >= 0.6 is 11.6 Å². The first-order chi connectivity index (χ1) is 9.71. The van der Waals surface area contributed by atoms with Gasteiger partial charge in [0.1, 0.15) is 0 Å². The van der Waals surface area contributed by atoms with Crippen molar-refractivity contribution >= 4 is 17.6 Å². The Morgan fingerprint density at radius 1 is 1.45 bits per heavy atom. The smallest absolute Gasteiger partial charge is 0.321 e. The molecule has 2 aromatic rings. The highest BCUT2D eigenvalue weighted by molar-refractivity contribution is 6.30. The van der Waals surface area contributed by atoms with Crippen molar-refractivity contribution in [2.24, 2.45) is 0 Å². The predicted molar refractivity (Wildman–Crippen MR) is 76.8 cm³/mol. The van der Waals surface area contributed by atoms with Crippen LogP contribution in [0.1, 0.15) is 19.3 Å². The van der Waals surface area contributed by atoms with Gasteiger partial charge in [-0.2, -0.15) is 4.98 Å². The molecule has 106 valence electrons. The standard InChI is InChI=1S/C14H16ClN3O2/c1-19-14(6-3-7-14)9-16-13-17-12(18-20-13)10-4-2-5-11(15)8-10/h2,4-5,8H,3,6-7,9H2,1H3,(H,16,17,18). The molecule has 1 saturated carbocycles. The summed E-state index contributed by atoms with van der Waals surface area (Å²) < 4.78 is 10.7. The molecular formula is C14H16ClN3O2.